The Balaban J connectivity index is 2.74. The topological polar surface area (TPSA) is 151 Å². The fourth-order valence-electron chi connectivity index (χ4n) is 3.52. The summed E-state index contributed by atoms with van der Waals surface area (Å²) in [7, 11) is -3.25. The van der Waals surface area contributed by atoms with Crippen molar-refractivity contribution < 1.29 is 32.3 Å². The first kappa shape index (κ1) is 35.9. The largest absolute Gasteiger partial charge is 0.445 e. The van der Waals surface area contributed by atoms with E-state index in [4.69, 9.17) is 4.74 Å². The highest BCUT2D eigenvalue weighted by atomic mass is 32.2. The van der Waals surface area contributed by atoms with E-state index in [-0.39, 0.29) is 36.1 Å². The highest BCUT2D eigenvalue weighted by Crippen LogP contribution is 2.18. The van der Waals surface area contributed by atoms with E-state index in [1.807, 2.05) is 34.6 Å². The van der Waals surface area contributed by atoms with Crippen LogP contribution in [0, 0.1) is 16.7 Å². The third kappa shape index (κ3) is 13.8. The molecule has 3 N–H and O–H groups in total. The second kappa shape index (κ2) is 14.7. The van der Waals surface area contributed by atoms with Gasteiger partial charge >= 0.3 is 6.09 Å². The Bertz CT molecular complexity index is 1170. The van der Waals surface area contributed by atoms with Gasteiger partial charge in [-0.2, -0.15) is 0 Å². The number of amides is 4. The summed E-state index contributed by atoms with van der Waals surface area (Å²) in [6, 6.07) is 5.02. The Morgan fingerprint density at radius 1 is 0.902 bits per heavy atom. The number of nitrogens with zero attached hydrogens (tertiary/aromatic N) is 1. The summed E-state index contributed by atoms with van der Waals surface area (Å²) >= 11 is 0. The lowest BCUT2D eigenvalue weighted by atomic mass is 9.93. The quantitative estimate of drug-likeness (QED) is 0.335. The van der Waals surface area contributed by atoms with Crippen molar-refractivity contribution in [1.29, 1.82) is 0 Å². The summed E-state index contributed by atoms with van der Waals surface area (Å²) in [4.78, 5) is 52.0. The van der Waals surface area contributed by atoms with Crippen LogP contribution >= 0.6 is 0 Å². The molecule has 0 heterocycles. The number of nitrogens with one attached hydrogen (secondary N) is 3. The molecule has 0 aliphatic heterocycles. The van der Waals surface area contributed by atoms with E-state index in [0.717, 1.165) is 6.26 Å². The number of hydrogen-bond donors (Lipinski definition) is 3. The van der Waals surface area contributed by atoms with Crippen LogP contribution in [0.3, 0.4) is 0 Å². The molecule has 41 heavy (non-hydrogen) atoms. The zero-order valence-corrected chi connectivity index (χ0v) is 26.9. The summed E-state index contributed by atoms with van der Waals surface area (Å²) in [6.45, 7) is 16.6. The predicted molar refractivity (Wildman–Crippen MR) is 160 cm³/mol. The number of ether oxygens (including phenoxy) is 1. The molecule has 0 bridgehead atoms. The van der Waals surface area contributed by atoms with Crippen molar-refractivity contribution >= 4 is 39.3 Å². The van der Waals surface area contributed by atoms with E-state index in [9.17, 15) is 27.6 Å². The van der Waals surface area contributed by atoms with Crippen molar-refractivity contribution in [3.63, 3.8) is 0 Å². The van der Waals surface area contributed by atoms with Crippen molar-refractivity contribution in [3.05, 3.63) is 29.8 Å². The van der Waals surface area contributed by atoms with Crippen LogP contribution in [0.1, 0.15) is 67.9 Å². The maximum absolute atomic E-state index is 12.8. The van der Waals surface area contributed by atoms with Crippen molar-refractivity contribution in [2.24, 2.45) is 16.7 Å². The summed E-state index contributed by atoms with van der Waals surface area (Å²) < 4.78 is 28.6. The molecule has 0 aliphatic carbocycles. The minimum atomic E-state index is -3.25. The molecule has 0 aromatic heterocycles. The molecule has 1 rings (SSSR count). The van der Waals surface area contributed by atoms with Crippen molar-refractivity contribution in [2.75, 3.05) is 30.4 Å². The molecular formula is C29H48N4O7S. The minimum Gasteiger partial charge on any atom is -0.445 e. The Kier molecular flexibility index (Phi) is 12.8. The lowest BCUT2D eigenvalue weighted by molar-refractivity contribution is -0.135. The maximum Gasteiger partial charge on any atom is 0.410 e. The Labute approximate surface area is 245 Å². The molecule has 0 unspecified atom stereocenters. The van der Waals surface area contributed by atoms with Crippen molar-refractivity contribution in [1.82, 2.24) is 15.5 Å². The predicted octanol–water partition coefficient (Wildman–Crippen LogP) is 3.35. The molecular weight excluding hydrogens is 548 g/mol. The van der Waals surface area contributed by atoms with E-state index < -0.39 is 45.2 Å². The third-order valence-electron chi connectivity index (χ3n) is 5.91. The SMILES string of the molecule is CC(C)[C@H](NC(=O)C(C)(C)C)C(=O)N[C@@H](C)C(=O)Nc1ccc(COC(=O)N(CCS(C)(=O)=O)CC(C)(C)C)cc1. The number of carbonyl (C=O) groups excluding carboxylic acids is 4. The number of rotatable bonds is 12. The Morgan fingerprint density at radius 2 is 1.46 bits per heavy atom. The van der Waals surface area contributed by atoms with Crippen LogP contribution in [0.5, 0.6) is 0 Å². The van der Waals surface area contributed by atoms with Crippen molar-refractivity contribution in [3.8, 4) is 0 Å². The molecule has 0 fully saturated rings. The van der Waals surface area contributed by atoms with E-state index >= 15 is 0 Å². The first-order valence-corrected chi connectivity index (χ1v) is 15.8. The van der Waals surface area contributed by atoms with Gasteiger partial charge in [-0.1, -0.05) is 67.5 Å². The molecule has 232 valence electrons. The standard InChI is InChI=1S/C29H48N4O7S/c1-19(2)23(32-26(36)29(7,8)9)25(35)30-20(3)24(34)31-22-13-11-21(12-14-22)17-40-27(37)33(18-28(4,5)6)15-16-41(10,38)39/h11-14,19-20,23H,15-18H2,1-10H3,(H,30,35)(H,31,34)(H,32,36)/t20-,23-/m0/s1. The molecule has 0 aliphatic rings. The van der Waals surface area contributed by atoms with Crippen LogP contribution < -0.4 is 16.0 Å². The molecule has 0 saturated heterocycles. The van der Waals surface area contributed by atoms with E-state index in [0.29, 0.717) is 17.8 Å². The van der Waals surface area contributed by atoms with Gasteiger partial charge in [0.2, 0.25) is 17.7 Å². The first-order chi connectivity index (χ1) is 18.6. The minimum absolute atomic E-state index is 0.0318. The molecule has 0 spiro atoms. The van der Waals surface area contributed by atoms with Gasteiger partial charge in [-0.25, -0.2) is 13.2 Å². The molecule has 11 nitrogen and oxygen atoms in total. The van der Waals surface area contributed by atoms with Crippen LogP contribution in [-0.4, -0.2) is 74.3 Å². The fourth-order valence-corrected chi connectivity index (χ4v) is 4.07. The smallest absolute Gasteiger partial charge is 0.410 e. The lowest BCUT2D eigenvalue weighted by Crippen LogP contribution is -2.55. The monoisotopic (exact) mass is 596 g/mol. The fraction of sp³-hybridized carbons (Fsp3) is 0.655. The second-order valence-electron chi connectivity index (χ2n) is 13.0. The summed E-state index contributed by atoms with van der Waals surface area (Å²) in [5, 5.41) is 8.16. The van der Waals surface area contributed by atoms with Gasteiger partial charge in [0, 0.05) is 30.4 Å². The second-order valence-corrected chi connectivity index (χ2v) is 15.3. The molecule has 1 aromatic carbocycles. The van der Waals surface area contributed by atoms with E-state index in [1.54, 1.807) is 52.0 Å². The van der Waals surface area contributed by atoms with Crippen LogP contribution in [-0.2, 0) is 35.6 Å². The average Bonchev–Trinajstić information content (AvgIpc) is 2.82. The first-order valence-electron chi connectivity index (χ1n) is 13.7. The zero-order chi connectivity index (χ0) is 31.8. The zero-order valence-electron chi connectivity index (χ0n) is 26.1. The van der Waals surface area contributed by atoms with Gasteiger partial charge in [0.1, 0.15) is 28.5 Å². The number of carbonyl (C=O) groups is 4. The number of sulfone groups is 1. The van der Waals surface area contributed by atoms with Crippen molar-refractivity contribution in [2.45, 2.75) is 81.0 Å². The number of hydrogen-bond acceptors (Lipinski definition) is 7. The van der Waals surface area contributed by atoms with E-state index in [1.165, 1.54) is 4.90 Å². The van der Waals surface area contributed by atoms with Gasteiger partial charge in [0.25, 0.3) is 0 Å². The van der Waals surface area contributed by atoms with Crippen LogP contribution in [0.15, 0.2) is 24.3 Å². The molecule has 0 saturated carbocycles. The third-order valence-corrected chi connectivity index (χ3v) is 6.83. The van der Waals surface area contributed by atoms with Crippen LogP contribution in [0.2, 0.25) is 0 Å². The highest BCUT2D eigenvalue weighted by Gasteiger charge is 2.31. The van der Waals surface area contributed by atoms with Crippen LogP contribution in [0.25, 0.3) is 0 Å². The Hall–Kier alpha value is -3.15. The lowest BCUT2D eigenvalue weighted by Gasteiger charge is -2.29. The highest BCUT2D eigenvalue weighted by molar-refractivity contribution is 7.90. The average molecular weight is 597 g/mol. The van der Waals surface area contributed by atoms with Gasteiger partial charge in [0.15, 0.2) is 0 Å². The molecule has 12 heteroatoms. The van der Waals surface area contributed by atoms with Gasteiger partial charge in [-0.15, -0.1) is 0 Å². The maximum atomic E-state index is 12.8. The molecule has 4 amide bonds. The number of benzene rings is 1. The van der Waals surface area contributed by atoms with Gasteiger partial charge in [-0.3, -0.25) is 14.4 Å². The summed E-state index contributed by atoms with van der Waals surface area (Å²) in [5.41, 5.74) is 0.245. The van der Waals surface area contributed by atoms with E-state index in [2.05, 4.69) is 16.0 Å². The summed E-state index contributed by atoms with van der Waals surface area (Å²) in [6.07, 6.45) is 0.516. The molecule has 2 atom stereocenters. The Morgan fingerprint density at radius 3 is 1.93 bits per heavy atom. The van der Waals surface area contributed by atoms with Crippen LogP contribution in [0.4, 0.5) is 10.5 Å². The van der Waals surface area contributed by atoms with Gasteiger partial charge in [0.05, 0.1) is 5.75 Å². The molecule has 0 radical (unpaired) electrons. The van der Waals surface area contributed by atoms with Gasteiger partial charge < -0.3 is 25.6 Å². The molecule has 1 aromatic rings. The normalized spacial score (nSPS) is 13.6. The number of anilines is 1. The van der Waals surface area contributed by atoms with Gasteiger partial charge in [-0.05, 0) is 36.0 Å². The summed E-state index contributed by atoms with van der Waals surface area (Å²) in [5.74, 6) is -1.49.